The van der Waals surface area contributed by atoms with Gasteiger partial charge in [-0.3, -0.25) is 9.36 Å². The minimum Gasteiger partial charge on any atom is -0.481 e. The predicted molar refractivity (Wildman–Crippen MR) is 57.8 cm³/mol. The summed E-state index contributed by atoms with van der Waals surface area (Å²) >= 11 is 0. The first-order valence-electron chi connectivity index (χ1n) is 4.53. The molecule has 0 heterocycles. The SMILES string of the molecule is Cc1ccccc1P(=O)(O)CCC(=O)O. The van der Waals surface area contributed by atoms with Crippen LogP contribution >= 0.6 is 7.37 Å². The van der Waals surface area contributed by atoms with E-state index in [2.05, 4.69) is 0 Å². The van der Waals surface area contributed by atoms with E-state index in [1.807, 2.05) is 0 Å². The van der Waals surface area contributed by atoms with E-state index in [0.29, 0.717) is 10.9 Å². The number of carboxylic acids is 1. The Morgan fingerprint density at radius 1 is 1.40 bits per heavy atom. The summed E-state index contributed by atoms with van der Waals surface area (Å²) in [5.41, 5.74) is 0.716. The van der Waals surface area contributed by atoms with Crippen LogP contribution in [0.4, 0.5) is 0 Å². The van der Waals surface area contributed by atoms with Crippen LogP contribution < -0.4 is 5.30 Å². The number of carbonyl (C=O) groups is 1. The highest BCUT2D eigenvalue weighted by atomic mass is 31.2. The molecule has 2 N–H and O–H groups in total. The van der Waals surface area contributed by atoms with E-state index >= 15 is 0 Å². The average Bonchev–Trinajstić information content (AvgIpc) is 2.15. The normalized spacial score (nSPS) is 14.5. The van der Waals surface area contributed by atoms with Crippen molar-refractivity contribution >= 4 is 18.6 Å². The summed E-state index contributed by atoms with van der Waals surface area (Å²) in [6, 6.07) is 6.75. The largest absolute Gasteiger partial charge is 0.481 e. The molecule has 0 aliphatic carbocycles. The Bertz CT molecular complexity index is 414. The number of hydrogen-bond donors (Lipinski definition) is 2. The van der Waals surface area contributed by atoms with Gasteiger partial charge in [0.25, 0.3) is 0 Å². The maximum Gasteiger partial charge on any atom is 0.303 e. The monoisotopic (exact) mass is 228 g/mol. The van der Waals surface area contributed by atoms with E-state index in [4.69, 9.17) is 5.11 Å². The highest BCUT2D eigenvalue weighted by molar-refractivity contribution is 7.66. The summed E-state index contributed by atoms with van der Waals surface area (Å²) in [5, 5.41) is 8.81. The van der Waals surface area contributed by atoms with Gasteiger partial charge >= 0.3 is 5.97 Å². The van der Waals surface area contributed by atoms with Crippen LogP contribution in [-0.2, 0) is 9.36 Å². The summed E-state index contributed by atoms with van der Waals surface area (Å²) in [6.45, 7) is 1.74. The van der Waals surface area contributed by atoms with E-state index in [1.165, 1.54) is 0 Å². The summed E-state index contributed by atoms with van der Waals surface area (Å²) in [4.78, 5) is 20.0. The van der Waals surface area contributed by atoms with Crippen LogP contribution in [0.15, 0.2) is 24.3 Å². The first-order chi connectivity index (χ1) is 6.93. The smallest absolute Gasteiger partial charge is 0.303 e. The summed E-state index contributed by atoms with van der Waals surface area (Å²) in [5.74, 6) is -1.06. The molecule has 0 amide bonds. The zero-order valence-electron chi connectivity index (χ0n) is 8.38. The quantitative estimate of drug-likeness (QED) is 0.763. The molecule has 5 heteroatoms. The molecule has 0 bridgehead atoms. The molecule has 0 saturated heterocycles. The van der Waals surface area contributed by atoms with Crippen molar-refractivity contribution in [3.05, 3.63) is 29.8 Å². The van der Waals surface area contributed by atoms with Gasteiger partial charge in [0.2, 0.25) is 7.37 Å². The Labute approximate surface area is 88.0 Å². The van der Waals surface area contributed by atoms with E-state index < -0.39 is 13.3 Å². The molecule has 15 heavy (non-hydrogen) atoms. The Kier molecular flexibility index (Phi) is 3.66. The zero-order chi connectivity index (χ0) is 11.5. The molecule has 0 radical (unpaired) electrons. The third kappa shape index (κ3) is 3.18. The van der Waals surface area contributed by atoms with Crippen LogP contribution in [0.5, 0.6) is 0 Å². The van der Waals surface area contributed by atoms with Gasteiger partial charge in [0, 0.05) is 11.5 Å². The molecule has 0 spiro atoms. The van der Waals surface area contributed by atoms with Gasteiger partial charge in [-0.15, -0.1) is 0 Å². The highest BCUT2D eigenvalue weighted by Gasteiger charge is 2.23. The minimum absolute atomic E-state index is 0.215. The summed E-state index contributed by atoms with van der Waals surface area (Å²) in [7, 11) is -3.52. The molecule has 1 unspecified atom stereocenters. The second-order valence-corrected chi connectivity index (χ2v) is 5.69. The fourth-order valence-corrected chi connectivity index (χ4v) is 3.00. The number of rotatable bonds is 4. The molecule has 1 atom stereocenters. The molecular formula is C10H13O4P. The second kappa shape index (κ2) is 4.60. The maximum atomic E-state index is 11.8. The Balaban J connectivity index is 2.91. The van der Waals surface area contributed by atoms with Gasteiger partial charge in [0.1, 0.15) is 0 Å². The van der Waals surface area contributed by atoms with E-state index in [1.54, 1.807) is 31.2 Å². The molecule has 0 fully saturated rings. The number of hydrogen-bond acceptors (Lipinski definition) is 2. The third-order valence-electron chi connectivity index (χ3n) is 2.12. The molecule has 1 rings (SSSR count). The highest BCUT2D eigenvalue weighted by Crippen LogP contribution is 2.40. The van der Waals surface area contributed by atoms with Crippen molar-refractivity contribution in [2.75, 3.05) is 6.16 Å². The van der Waals surface area contributed by atoms with Crippen molar-refractivity contribution in [1.82, 2.24) is 0 Å². The lowest BCUT2D eigenvalue weighted by Crippen LogP contribution is -2.12. The van der Waals surface area contributed by atoms with Crippen molar-refractivity contribution < 1.29 is 19.4 Å². The van der Waals surface area contributed by atoms with Crippen molar-refractivity contribution in [1.29, 1.82) is 0 Å². The molecule has 0 aromatic heterocycles. The number of carboxylic acid groups (broad SMARTS) is 1. The fraction of sp³-hybridized carbons (Fsp3) is 0.300. The number of aryl methyl sites for hydroxylation is 1. The molecule has 1 aromatic rings. The lowest BCUT2D eigenvalue weighted by atomic mass is 10.2. The molecular weight excluding hydrogens is 215 g/mol. The number of aliphatic carboxylic acids is 1. The third-order valence-corrected chi connectivity index (χ3v) is 4.21. The molecule has 0 aliphatic rings. The van der Waals surface area contributed by atoms with Crippen LogP contribution in [-0.4, -0.2) is 22.1 Å². The van der Waals surface area contributed by atoms with Crippen molar-refractivity contribution in [3.8, 4) is 0 Å². The maximum absolute atomic E-state index is 11.8. The van der Waals surface area contributed by atoms with E-state index in [0.717, 1.165) is 0 Å². The standard InChI is InChI=1S/C10H13O4P/c1-8-4-2-3-5-9(8)15(13,14)7-6-10(11)12/h2-5H,6-7H2,1H3,(H,11,12)(H,13,14). The van der Waals surface area contributed by atoms with Crippen LogP contribution in [0, 0.1) is 6.92 Å². The predicted octanol–water partition coefficient (Wildman–Crippen LogP) is 1.37. The summed E-state index contributed by atoms with van der Waals surface area (Å²) in [6.07, 6.45) is -0.505. The van der Waals surface area contributed by atoms with E-state index in [9.17, 15) is 14.3 Å². The fourth-order valence-electron chi connectivity index (χ4n) is 1.32. The van der Waals surface area contributed by atoms with Gasteiger partial charge in [-0.05, 0) is 18.6 Å². The molecule has 0 aliphatic heterocycles. The van der Waals surface area contributed by atoms with Gasteiger partial charge in [0.05, 0.1) is 6.42 Å². The van der Waals surface area contributed by atoms with Crippen LogP contribution in [0.3, 0.4) is 0 Å². The van der Waals surface area contributed by atoms with Crippen LogP contribution in [0.2, 0.25) is 0 Å². The first kappa shape index (κ1) is 12.0. The Morgan fingerprint density at radius 2 is 2.00 bits per heavy atom. The Hall–Kier alpha value is -1.12. The van der Waals surface area contributed by atoms with Gasteiger partial charge in [0.15, 0.2) is 0 Å². The lowest BCUT2D eigenvalue weighted by molar-refractivity contribution is -0.136. The minimum atomic E-state index is -3.52. The molecule has 1 aromatic carbocycles. The topological polar surface area (TPSA) is 74.6 Å². The van der Waals surface area contributed by atoms with Crippen LogP contribution in [0.1, 0.15) is 12.0 Å². The van der Waals surface area contributed by atoms with Gasteiger partial charge < -0.3 is 10.00 Å². The van der Waals surface area contributed by atoms with Gasteiger partial charge in [-0.2, -0.15) is 0 Å². The average molecular weight is 228 g/mol. The second-order valence-electron chi connectivity index (χ2n) is 3.36. The van der Waals surface area contributed by atoms with E-state index in [-0.39, 0.29) is 12.6 Å². The van der Waals surface area contributed by atoms with Crippen molar-refractivity contribution in [2.45, 2.75) is 13.3 Å². The van der Waals surface area contributed by atoms with Crippen LogP contribution in [0.25, 0.3) is 0 Å². The van der Waals surface area contributed by atoms with Gasteiger partial charge in [-0.25, -0.2) is 0 Å². The lowest BCUT2D eigenvalue weighted by Gasteiger charge is -2.12. The molecule has 82 valence electrons. The molecule has 0 saturated carbocycles. The van der Waals surface area contributed by atoms with Crippen molar-refractivity contribution in [3.63, 3.8) is 0 Å². The summed E-state index contributed by atoms with van der Waals surface area (Å²) < 4.78 is 11.8. The zero-order valence-corrected chi connectivity index (χ0v) is 9.28. The van der Waals surface area contributed by atoms with Gasteiger partial charge in [-0.1, -0.05) is 18.2 Å². The first-order valence-corrected chi connectivity index (χ1v) is 6.38. The molecule has 4 nitrogen and oxygen atoms in total. The number of benzene rings is 1. The Morgan fingerprint density at radius 3 is 2.53 bits per heavy atom. The van der Waals surface area contributed by atoms with Crippen molar-refractivity contribution in [2.24, 2.45) is 0 Å².